The molecule has 1 heterocycles. The van der Waals surface area contributed by atoms with Crippen molar-refractivity contribution in [1.29, 1.82) is 0 Å². The third-order valence-corrected chi connectivity index (χ3v) is 5.57. The Morgan fingerprint density at radius 2 is 1.93 bits per heavy atom. The quantitative estimate of drug-likeness (QED) is 0.441. The molecule has 156 valence electrons. The van der Waals surface area contributed by atoms with E-state index in [1.807, 2.05) is 24.3 Å². The highest BCUT2D eigenvalue weighted by Gasteiger charge is 2.45. The van der Waals surface area contributed by atoms with Crippen LogP contribution >= 0.6 is 11.6 Å². The molecule has 0 radical (unpaired) electrons. The van der Waals surface area contributed by atoms with Crippen molar-refractivity contribution in [2.24, 2.45) is 4.99 Å². The minimum Gasteiger partial charge on any atom is -0.356 e. The molecule has 0 saturated heterocycles. The Morgan fingerprint density at radius 3 is 2.63 bits per heavy atom. The Bertz CT molecular complexity index is 1030. The van der Waals surface area contributed by atoms with Crippen LogP contribution in [-0.4, -0.2) is 36.2 Å². The molecule has 2 N–H and O–H groups in total. The van der Waals surface area contributed by atoms with Gasteiger partial charge in [0.1, 0.15) is 5.82 Å². The van der Waals surface area contributed by atoms with E-state index in [0.29, 0.717) is 42.2 Å². The van der Waals surface area contributed by atoms with Crippen molar-refractivity contribution in [2.45, 2.75) is 24.7 Å². The molecule has 1 aliphatic carbocycles. The van der Waals surface area contributed by atoms with Gasteiger partial charge < -0.3 is 15.2 Å². The van der Waals surface area contributed by atoms with Gasteiger partial charge in [-0.3, -0.25) is 4.99 Å². The third-order valence-electron chi connectivity index (χ3n) is 5.32. The predicted molar refractivity (Wildman–Crippen MR) is 115 cm³/mol. The Hall–Kier alpha value is -2.93. The van der Waals surface area contributed by atoms with Gasteiger partial charge in [0.25, 0.3) is 0 Å². The predicted octanol–water partition coefficient (Wildman–Crippen LogP) is 3.97. The van der Waals surface area contributed by atoms with Crippen LogP contribution in [0.1, 0.15) is 24.3 Å². The number of halogens is 2. The van der Waals surface area contributed by atoms with Gasteiger partial charge in [-0.2, -0.15) is 4.98 Å². The molecule has 2 aromatic carbocycles. The van der Waals surface area contributed by atoms with Crippen LogP contribution in [0.15, 0.2) is 58.0 Å². The molecule has 4 rings (SSSR count). The highest BCUT2D eigenvalue weighted by molar-refractivity contribution is 6.30. The summed E-state index contributed by atoms with van der Waals surface area (Å²) in [4.78, 5) is 8.66. The molecular weight excluding hydrogens is 405 g/mol. The van der Waals surface area contributed by atoms with E-state index in [1.54, 1.807) is 25.2 Å². The van der Waals surface area contributed by atoms with Crippen LogP contribution in [0, 0.1) is 5.82 Å². The molecule has 0 spiro atoms. The fourth-order valence-corrected chi connectivity index (χ4v) is 3.54. The average Bonchev–Trinajstić information content (AvgIpc) is 3.40. The van der Waals surface area contributed by atoms with E-state index in [9.17, 15) is 4.39 Å². The zero-order chi connectivity index (χ0) is 21.0. The molecule has 0 unspecified atom stereocenters. The molecule has 0 atom stereocenters. The second-order valence-corrected chi connectivity index (χ2v) is 7.82. The number of nitrogens with zero attached hydrogens (tertiary/aromatic N) is 3. The maximum Gasteiger partial charge on any atom is 0.228 e. The number of guanidine groups is 1. The summed E-state index contributed by atoms with van der Waals surface area (Å²) in [5, 5.41) is 11.2. The van der Waals surface area contributed by atoms with E-state index in [4.69, 9.17) is 16.1 Å². The molecule has 1 aromatic heterocycles. The van der Waals surface area contributed by atoms with Crippen molar-refractivity contribution < 1.29 is 8.91 Å². The summed E-state index contributed by atoms with van der Waals surface area (Å²) in [5.74, 6) is 1.58. The lowest BCUT2D eigenvalue weighted by Gasteiger charge is -2.19. The molecule has 3 aromatic rings. The van der Waals surface area contributed by atoms with E-state index in [1.165, 1.54) is 6.07 Å². The molecule has 0 bridgehead atoms. The number of nitrogens with one attached hydrogen (secondary N) is 2. The van der Waals surface area contributed by atoms with E-state index in [2.05, 4.69) is 25.8 Å². The van der Waals surface area contributed by atoms with Crippen molar-refractivity contribution in [3.63, 3.8) is 0 Å². The fraction of sp³-hybridized carbons (Fsp3) is 0.318. The molecule has 1 aliphatic rings. The zero-order valence-electron chi connectivity index (χ0n) is 16.7. The van der Waals surface area contributed by atoms with Crippen LogP contribution in [0.4, 0.5) is 4.39 Å². The summed E-state index contributed by atoms with van der Waals surface area (Å²) in [6, 6.07) is 14.3. The minimum absolute atomic E-state index is 0.146. The summed E-state index contributed by atoms with van der Waals surface area (Å²) in [6.45, 7) is 1.21. The molecule has 6 nitrogen and oxygen atoms in total. The van der Waals surface area contributed by atoms with Crippen molar-refractivity contribution in [3.8, 4) is 11.4 Å². The first kappa shape index (κ1) is 20.3. The molecule has 8 heteroatoms. The highest BCUT2D eigenvalue weighted by Crippen LogP contribution is 2.48. The van der Waals surface area contributed by atoms with Crippen LogP contribution in [0.5, 0.6) is 0 Å². The smallest absolute Gasteiger partial charge is 0.228 e. The first-order valence-corrected chi connectivity index (χ1v) is 10.3. The topological polar surface area (TPSA) is 75.3 Å². The number of aliphatic imine (C=N–C) groups is 1. The lowest BCUT2D eigenvalue weighted by atomic mass is 9.95. The van der Waals surface area contributed by atoms with Gasteiger partial charge in [-0.15, -0.1) is 0 Å². The van der Waals surface area contributed by atoms with Crippen LogP contribution in [0.3, 0.4) is 0 Å². The lowest BCUT2D eigenvalue weighted by molar-refractivity contribution is 0.378. The maximum absolute atomic E-state index is 14.2. The third kappa shape index (κ3) is 4.62. The van der Waals surface area contributed by atoms with Crippen molar-refractivity contribution >= 4 is 17.6 Å². The van der Waals surface area contributed by atoms with Crippen LogP contribution < -0.4 is 10.6 Å². The molecule has 0 aliphatic heterocycles. The second-order valence-electron chi connectivity index (χ2n) is 7.38. The minimum atomic E-state index is -0.150. The summed E-state index contributed by atoms with van der Waals surface area (Å²) in [6.07, 6.45) is 2.49. The molecule has 1 fully saturated rings. The molecule has 0 amide bonds. The number of benzene rings is 2. The monoisotopic (exact) mass is 427 g/mol. The first-order chi connectivity index (χ1) is 14.6. The van der Waals surface area contributed by atoms with Crippen LogP contribution in [-0.2, 0) is 11.8 Å². The number of aromatic nitrogens is 2. The summed E-state index contributed by atoms with van der Waals surface area (Å²) in [7, 11) is 1.71. The van der Waals surface area contributed by atoms with Crippen molar-refractivity contribution in [2.75, 3.05) is 20.1 Å². The van der Waals surface area contributed by atoms with E-state index in [0.717, 1.165) is 24.0 Å². The number of hydrogen-bond donors (Lipinski definition) is 2. The largest absolute Gasteiger partial charge is 0.356 e. The van der Waals surface area contributed by atoms with E-state index < -0.39 is 0 Å². The zero-order valence-corrected chi connectivity index (χ0v) is 17.4. The van der Waals surface area contributed by atoms with E-state index in [-0.39, 0.29) is 11.2 Å². The second kappa shape index (κ2) is 8.83. The Kier molecular flexibility index (Phi) is 5.99. The van der Waals surface area contributed by atoms with Gasteiger partial charge in [0, 0.05) is 42.6 Å². The Balaban J connectivity index is 1.28. The SMILES string of the molecule is CN=C(NCCc1nc(-c2ccc(Cl)cc2)no1)NCC1(c2ccccc2F)CC1. The number of hydrogen-bond acceptors (Lipinski definition) is 4. The van der Waals surface area contributed by atoms with E-state index >= 15 is 0 Å². The van der Waals surface area contributed by atoms with Gasteiger partial charge in [0.2, 0.25) is 11.7 Å². The lowest BCUT2D eigenvalue weighted by Crippen LogP contribution is -2.42. The fourth-order valence-electron chi connectivity index (χ4n) is 3.42. The molecular formula is C22H23ClFN5O. The van der Waals surface area contributed by atoms with Crippen molar-refractivity contribution in [3.05, 3.63) is 70.8 Å². The molecule has 1 saturated carbocycles. The van der Waals surface area contributed by atoms with Gasteiger partial charge in [-0.1, -0.05) is 35.0 Å². The molecule has 30 heavy (non-hydrogen) atoms. The maximum atomic E-state index is 14.2. The van der Waals surface area contributed by atoms with Gasteiger partial charge in [0.05, 0.1) is 0 Å². The normalized spacial score (nSPS) is 15.1. The van der Waals surface area contributed by atoms with Gasteiger partial charge in [0.15, 0.2) is 5.96 Å². The summed E-state index contributed by atoms with van der Waals surface area (Å²) >= 11 is 5.91. The van der Waals surface area contributed by atoms with Crippen LogP contribution in [0.25, 0.3) is 11.4 Å². The first-order valence-electron chi connectivity index (χ1n) is 9.88. The standard InChI is InChI=1S/C22H23ClFN5O/c1-25-21(27-14-22(11-12-22)17-4-2-3-5-18(17)24)26-13-10-19-28-20(29-30-19)15-6-8-16(23)9-7-15/h2-9H,10-14H2,1H3,(H2,25,26,27). The van der Waals surface area contributed by atoms with Crippen LogP contribution in [0.2, 0.25) is 5.02 Å². The summed E-state index contributed by atoms with van der Waals surface area (Å²) in [5.41, 5.74) is 1.47. The van der Waals surface area contributed by atoms with Crippen molar-refractivity contribution in [1.82, 2.24) is 20.8 Å². The van der Waals surface area contributed by atoms with Gasteiger partial charge >= 0.3 is 0 Å². The number of rotatable bonds is 7. The Morgan fingerprint density at radius 1 is 1.17 bits per heavy atom. The summed E-state index contributed by atoms with van der Waals surface area (Å²) < 4.78 is 19.5. The Labute approximate surface area is 179 Å². The van der Waals surface area contributed by atoms with Gasteiger partial charge in [-0.05, 0) is 48.7 Å². The van der Waals surface area contributed by atoms with Gasteiger partial charge in [-0.25, -0.2) is 4.39 Å². The average molecular weight is 428 g/mol. The highest BCUT2D eigenvalue weighted by atomic mass is 35.5.